The highest BCUT2D eigenvalue weighted by atomic mass is 32.2. The summed E-state index contributed by atoms with van der Waals surface area (Å²) >= 11 is 1.34. The third-order valence-corrected chi connectivity index (χ3v) is 13.3. The fourth-order valence-corrected chi connectivity index (χ4v) is 9.02. The van der Waals surface area contributed by atoms with Crippen molar-refractivity contribution in [1.29, 1.82) is 0 Å². The number of nitrogens with zero attached hydrogens (tertiary/aromatic N) is 2. The number of amides is 3. The first-order valence-corrected chi connectivity index (χ1v) is 19.3. The van der Waals surface area contributed by atoms with Gasteiger partial charge in [-0.15, -0.1) is 0 Å². The predicted octanol–water partition coefficient (Wildman–Crippen LogP) is 5.54. The maximum Gasteiger partial charge on any atom is 0.274 e. The van der Waals surface area contributed by atoms with Crippen LogP contribution in [0.4, 0.5) is 14.5 Å². The number of rotatable bonds is 7. The fourth-order valence-electron chi connectivity index (χ4n) is 6.83. The van der Waals surface area contributed by atoms with E-state index >= 15 is 0 Å². The molecular weight excluding hydrogens is 689 g/mol. The van der Waals surface area contributed by atoms with Crippen molar-refractivity contribution >= 4 is 55.0 Å². The Morgan fingerprint density at radius 3 is 2.62 bits per heavy atom. The van der Waals surface area contributed by atoms with Gasteiger partial charge in [-0.25, -0.2) is 22.2 Å². The van der Waals surface area contributed by atoms with Gasteiger partial charge in [-0.3, -0.25) is 19.1 Å². The monoisotopic (exact) mass is 733 g/mol. The Hall–Kier alpha value is -4.11. The van der Waals surface area contributed by atoms with E-state index in [9.17, 15) is 31.6 Å². The number of halogens is 2. The number of hydrogen-bond acceptors (Lipinski definition) is 9. The van der Waals surface area contributed by atoms with Crippen LogP contribution in [0.3, 0.4) is 0 Å². The van der Waals surface area contributed by atoms with Crippen LogP contribution in [0, 0.1) is 17.6 Å². The van der Waals surface area contributed by atoms with Crippen molar-refractivity contribution in [2.45, 2.75) is 93.2 Å². The molecule has 2 aromatic carbocycles. The zero-order valence-corrected chi connectivity index (χ0v) is 29.1. The van der Waals surface area contributed by atoms with Gasteiger partial charge in [0.1, 0.15) is 35.4 Å². The van der Waals surface area contributed by atoms with Crippen LogP contribution >= 0.6 is 11.3 Å². The van der Waals surface area contributed by atoms with Crippen molar-refractivity contribution in [3.8, 4) is 5.19 Å². The van der Waals surface area contributed by atoms with Gasteiger partial charge >= 0.3 is 0 Å². The third kappa shape index (κ3) is 6.94. The number of allylic oxidation sites excluding steroid dienone is 1. The first-order valence-electron chi connectivity index (χ1n) is 17.0. The number of para-hydroxylation sites is 1. The number of nitrogens with one attached hydrogen (secondary N) is 3. The van der Waals surface area contributed by atoms with Crippen molar-refractivity contribution in [2.24, 2.45) is 5.92 Å². The minimum atomic E-state index is -3.98. The van der Waals surface area contributed by atoms with E-state index < -0.39 is 73.8 Å². The van der Waals surface area contributed by atoms with Crippen LogP contribution < -0.4 is 20.1 Å². The highest BCUT2D eigenvalue weighted by Crippen LogP contribution is 2.47. The third-order valence-electron chi connectivity index (χ3n) is 10.2. The molecule has 2 aliphatic carbocycles. The molecular formula is C35H45F2N5O6S2. The highest BCUT2D eigenvalue weighted by molar-refractivity contribution is 7.91. The van der Waals surface area contributed by atoms with Gasteiger partial charge < -0.3 is 20.3 Å². The average Bonchev–Trinajstić information content (AvgIpc) is 3.86. The van der Waals surface area contributed by atoms with Crippen molar-refractivity contribution in [3.05, 3.63) is 66.3 Å². The Balaban J connectivity index is 0.00000209. The summed E-state index contributed by atoms with van der Waals surface area (Å²) in [6, 6.07) is 8.46. The molecule has 5 atom stereocenters. The molecule has 2 aliphatic heterocycles. The van der Waals surface area contributed by atoms with Gasteiger partial charge in [-0.05, 0) is 69.7 Å². The Morgan fingerprint density at radius 2 is 1.88 bits per heavy atom. The Labute approximate surface area is 297 Å². The number of ether oxygens (including phenoxy) is 1. The summed E-state index contributed by atoms with van der Waals surface area (Å²) < 4.78 is 62.8. The van der Waals surface area contributed by atoms with E-state index in [1.54, 1.807) is 6.92 Å². The van der Waals surface area contributed by atoms with Crippen LogP contribution in [0.1, 0.15) is 69.0 Å². The minimum absolute atomic E-state index is 0. The summed E-state index contributed by atoms with van der Waals surface area (Å²) in [4.78, 5) is 48.3. The van der Waals surface area contributed by atoms with Crippen molar-refractivity contribution < 1.29 is 40.6 Å². The largest absolute Gasteiger partial charge is 0.465 e. The fraction of sp³-hybridized carbons (Fsp3) is 0.486. The number of benzene rings is 2. The second-order valence-corrected chi connectivity index (χ2v) is 17.2. The second-order valence-electron chi connectivity index (χ2n) is 14.0. The molecule has 0 spiro atoms. The molecule has 0 radical (unpaired) electrons. The number of anilines is 1. The number of sulfonamides is 1. The van der Waals surface area contributed by atoms with E-state index in [1.165, 1.54) is 16.2 Å². The second kappa shape index (κ2) is 13.2. The van der Waals surface area contributed by atoms with Crippen molar-refractivity contribution in [3.63, 3.8) is 0 Å². The maximum absolute atomic E-state index is 14.4. The molecule has 3 N–H and O–H groups in total. The lowest BCUT2D eigenvalue weighted by Crippen LogP contribution is -2.58. The smallest absolute Gasteiger partial charge is 0.274 e. The van der Waals surface area contributed by atoms with E-state index in [4.69, 9.17) is 4.74 Å². The van der Waals surface area contributed by atoms with Crippen LogP contribution in [0.25, 0.3) is 10.2 Å². The lowest BCUT2D eigenvalue weighted by atomic mass is 10.0. The molecule has 3 aromatic rings. The van der Waals surface area contributed by atoms with Gasteiger partial charge in [0.25, 0.3) is 11.1 Å². The van der Waals surface area contributed by atoms with Crippen LogP contribution in [-0.2, 0) is 24.4 Å². The standard InChI is InChI=1S/C35H39F2N5O6S2.3H2/c1-34(13-14-34)50(46,47)41-32(45)35-19-21(35)9-5-3-2-4-6-11-27(38-24-16-22(36)15-23(37)17-24)31(44)42-20-25(18-28(42)30(43)40-35)48-33-39-26-10-7-8-12-29(26)49-33;;;/h5,7-10,12,15-17,21,25,27-28,38H,2-4,6,11,13-14,18-20H2,1H3,(H,40,43)(H,41,45);3*1H/b9-5-;;;/t21-,25-,27+,28+,35-;;;/m1.../s1. The Bertz CT molecular complexity index is 1930. The number of aromatic nitrogens is 1. The predicted molar refractivity (Wildman–Crippen MR) is 190 cm³/mol. The van der Waals surface area contributed by atoms with Gasteiger partial charge in [-0.1, -0.05) is 48.5 Å². The van der Waals surface area contributed by atoms with Crippen LogP contribution in [-0.4, -0.2) is 71.0 Å². The summed E-state index contributed by atoms with van der Waals surface area (Å²) in [6.45, 7) is 1.59. The van der Waals surface area contributed by atoms with Gasteiger partial charge in [-0.2, -0.15) is 0 Å². The number of thiazole rings is 1. The molecule has 4 aliphatic rings. The molecule has 2 saturated carbocycles. The molecule has 1 saturated heterocycles. The summed E-state index contributed by atoms with van der Waals surface area (Å²) in [5, 5.41) is 6.24. The molecule has 272 valence electrons. The zero-order chi connectivity index (χ0) is 35.3. The molecule has 0 unspecified atom stereocenters. The van der Waals surface area contributed by atoms with Gasteiger partial charge in [0.05, 0.1) is 21.5 Å². The van der Waals surface area contributed by atoms with Crippen LogP contribution in [0.5, 0.6) is 5.19 Å². The van der Waals surface area contributed by atoms with Crippen LogP contribution in [0.2, 0.25) is 0 Å². The summed E-state index contributed by atoms with van der Waals surface area (Å²) in [5.74, 6) is -3.92. The molecule has 11 nitrogen and oxygen atoms in total. The molecule has 3 heterocycles. The SMILES string of the molecule is CC1(S(=O)(=O)NC(=O)[C@@]23C[C@H]2/C=C\CCCCC[C@H](Nc2cc(F)cc(F)c2)C(=O)N2C[C@H](Oc4nc5ccccc5s4)C[C@H]2C(=O)N3)CC1.[HH].[HH].[HH]. The molecule has 1 aromatic heterocycles. The quantitative estimate of drug-likeness (QED) is 0.269. The topological polar surface area (TPSA) is 147 Å². The normalized spacial score (nSPS) is 28.7. The average molecular weight is 734 g/mol. The van der Waals surface area contributed by atoms with E-state index in [0.29, 0.717) is 37.3 Å². The summed E-state index contributed by atoms with van der Waals surface area (Å²) in [7, 11) is -3.98. The Morgan fingerprint density at radius 1 is 1.12 bits per heavy atom. The van der Waals surface area contributed by atoms with Crippen LogP contribution in [0.15, 0.2) is 54.6 Å². The Kier molecular flexibility index (Phi) is 9.08. The number of hydrogen-bond donors (Lipinski definition) is 3. The van der Waals surface area contributed by atoms with Crippen molar-refractivity contribution in [1.82, 2.24) is 19.9 Å². The lowest BCUT2D eigenvalue weighted by molar-refractivity contribution is -0.140. The first-order chi connectivity index (χ1) is 23.9. The number of carbonyl (C=O) groups is 3. The number of carbonyl (C=O) groups excluding carboxylic acids is 3. The molecule has 15 heteroatoms. The van der Waals surface area contributed by atoms with Gasteiger partial charge in [0.2, 0.25) is 21.8 Å². The van der Waals surface area contributed by atoms with E-state index in [-0.39, 0.29) is 29.4 Å². The van der Waals surface area contributed by atoms with Crippen molar-refractivity contribution in [2.75, 3.05) is 11.9 Å². The molecule has 7 rings (SSSR count). The summed E-state index contributed by atoms with van der Waals surface area (Å²) in [5.41, 5.74) is -0.675. The van der Waals surface area contributed by atoms with Gasteiger partial charge in [0.15, 0.2) is 0 Å². The molecule has 50 heavy (non-hydrogen) atoms. The maximum atomic E-state index is 14.4. The van der Waals surface area contributed by atoms with E-state index in [2.05, 4.69) is 20.3 Å². The first kappa shape index (κ1) is 34.3. The highest BCUT2D eigenvalue weighted by Gasteiger charge is 2.63. The van der Waals surface area contributed by atoms with Gasteiger partial charge in [0, 0.05) is 28.4 Å². The molecule has 3 fully saturated rings. The number of fused-ring (bicyclic) bond motifs is 3. The summed E-state index contributed by atoms with van der Waals surface area (Å²) in [6.07, 6.45) is 7.46. The molecule has 3 amide bonds. The zero-order valence-electron chi connectivity index (χ0n) is 27.5. The lowest BCUT2D eigenvalue weighted by Gasteiger charge is -2.30. The minimum Gasteiger partial charge on any atom is -0.465 e. The van der Waals surface area contributed by atoms with E-state index in [1.807, 2.05) is 36.4 Å². The van der Waals surface area contributed by atoms with E-state index in [0.717, 1.165) is 41.3 Å². The molecule has 0 bridgehead atoms.